The lowest BCUT2D eigenvalue weighted by Crippen LogP contribution is -2.46. The summed E-state index contributed by atoms with van der Waals surface area (Å²) in [6.45, 7) is 4.47. The van der Waals surface area contributed by atoms with E-state index in [1.165, 1.54) is 5.56 Å². The normalized spacial score (nSPS) is 23.6. The molecule has 3 fully saturated rings. The Bertz CT molecular complexity index is 1250. The number of carboxylic acid groups (broad SMARTS) is 1. The van der Waals surface area contributed by atoms with Gasteiger partial charge >= 0.3 is 5.97 Å². The molecule has 35 heavy (non-hydrogen) atoms. The van der Waals surface area contributed by atoms with Gasteiger partial charge in [-0.2, -0.15) is 0 Å². The number of fused-ring (bicyclic) bond motifs is 2. The molecule has 7 heteroatoms. The number of hydrogen-bond acceptors (Lipinski definition) is 6. The number of benzene rings is 1. The molecule has 4 heterocycles. The molecule has 0 spiro atoms. The second-order valence-corrected chi connectivity index (χ2v) is 10.3. The first-order chi connectivity index (χ1) is 17.0. The van der Waals surface area contributed by atoms with Crippen LogP contribution in [0.2, 0.25) is 0 Å². The highest BCUT2D eigenvalue weighted by Crippen LogP contribution is 2.45. The number of aryl methyl sites for hydroxylation is 2. The van der Waals surface area contributed by atoms with E-state index in [9.17, 15) is 9.90 Å². The van der Waals surface area contributed by atoms with Crippen molar-refractivity contribution in [3.8, 4) is 11.3 Å². The van der Waals surface area contributed by atoms with Crippen molar-refractivity contribution in [2.75, 3.05) is 4.90 Å². The highest BCUT2D eigenvalue weighted by Gasteiger charge is 2.42. The molecule has 1 N–H and O–H groups in total. The fraction of sp³-hybridized carbons (Fsp3) is 0.464. The van der Waals surface area contributed by atoms with Crippen LogP contribution in [0.5, 0.6) is 0 Å². The Kier molecular flexibility index (Phi) is 5.60. The molecule has 2 aromatic heterocycles. The molecule has 182 valence electrons. The van der Waals surface area contributed by atoms with Crippen molar-refractivity contribution in [2.45, 2.75) is 83.1 Å². The standard InChI is InChI=1S/C28H31N3O4/c1-16-5-3-4-6-23(16)26-24(27(35-30-26)18-7-8-18)15-34-22-13-20-9-10-21(14-22)31(20)25-12-19(28(32)33)11-17(2)29-25/h3-6,11-12,18,20-22H,7-10,13-15H2,1-2H3,(H,32,33)/t20-,21?,22?/m0/s1. The lowest BCUT2D eigenvalue weighted by atomic mass is 9.98. The third-order valence-corrected chi connectivity index (χ3v) is 7.77. The van der Waals surface area contributed by atoms with Crippen molar-refractivity contribution in [1.82, 2.24) is 10.1 Å². The van der Waals surface area contributed by atoms with Crippen molar-refractivity contribution in [3.63, 3.8) is 0 Å². The number of carboxylic acids is 1. The molecule has 7 nitrogen and oxygen atoms in total. The minimum absolute atomic E-state index is 0.152. The number of ether oxygens (including phenoxy) is 1. The smallest absolute Gasteiger partial charge is 0.335 e. The molecule has 6 rings (SSSR count). The lowest BCUT2D eigenvalue weighted by molar-refractivity contribution is 0.0145. The van der Waals surface area contributed by atoms with E-state index in [2.05, 4.69) is 34.1 Å². The molecule has 2 unspecified atom stereocenters. The minimum atomic E-state index is -0.910. The molecular weight excluding hydrogens is 442 g/mol. The predicted octanol–water partition coefficient (Wildman–Crippen LogP) is 5.65. The largest absolute Gasteiger partial charge is 0.478 e. The van der Waals surface area contributed by atoms with Gasteiger partial charge in [0.05, 0.1) is 18.3 Å². The van der Waals surface area contributed by atoms with Gasteiger partial charge in [0.25, 0.3) is 0 Å². The fourth-order valence-electron chi connectivity index (χ4n) is 5.92. The van der Waals surface area contributed by atoms with E-state index in [0.29, 0.717) is 30.2 Å². The number of pyridine rings is 1. The van der Waals surface area contributed by atoms with E-state index in [4.69, 9.17) is 9.26 Å². The minimum Gasteiger partial charge on any atom is -0.478 e. The van der Waals surface area contributed by atoms with Crippen LogP contribution in [0.1, 0.15) is 77.4 Å². The molecular formula is C28H31N3O4. The number of hydrogen-bond donors (Lipinski definition) is 1. The number of piperidine rings is 1. The predicted molar refractivity (Wildman–Crippen MR) is 132 cm³/mol. The second kappa shape index (κ2) is 8.79. The van der Waals surface area contributed by atoms with E-state index in [1.807, 2.05) is 19.1 Å². The summed E-state index contributed by atoms with van der Waals surface area (Å²) < 4.78 is 12.4. The zero-order valence-corrected chi connectivity index (χ0v) is 20.2. The van der Waals surface area contributed by atoms with Gasteiger partial charge in [-0.25, -0.2) is 9.78 Å². The van der Waals surface area contributed by atoms with E-state index >= 15 is 0 Å². The molecule has 1 aromatic carbocycles. The molecule has 0 amide bonds. The van der Waals surface area contributed by atoms with Gasteiger partial charge in [0.1, 0.15) is 17.3 Å². The summed E-state index contributed by atoms with van der Waals surface area (Å²) in [6.07, 6.45) is 6.45. The number of anilines is 1. The van der Waals surface area contributed by atoms with Crippen LogP contribution in [0.4, 0.5) is 5.82 Å². The summed E-state index contributed by atoms with van der Waals surface area (Å²) >= 11 is 0. The number of rotatable bonds is 7. The lowest BCUT2D eigenvalue weighted by Gasteiger charge is -2.39. The topological polar surface area (TPSA) is 88.7 Å². The Balaban J connectivity index is 1.20. The number of nitrogens with zero attached hydrogens (tertiary/aromatic N) is 3. The fourth-order valence-corrected chi connectivity index (χ4v) is 5.92. The van der Waals surface area contributed by atoms with Gasteiger partial charge in [0.2, 0.25) is 0 Å². The summed E-state index contributed by atoms with van der Waals surface area (Å²) in [6, 6.07) is 12.3. The highest BCUT2D eigenvalue weighted by molar-refractivity contribution is 5.88. The molecule has 2 aliphatic heterocycles. The summed E-state index contributed by atoms with van der Waals surface area (Å²) in [7, 11) is 0. The van der Waals surface area contributed by atoms with Crippen molar-refractivity contribution >= 4 is 11.8 Å². The molecule has 1 saturated carbocycles. The molecule has 2 saturated heterocycles. The molecule has 3 aromatic rings. The van der Waals surface area contributed by atoms with Crippen LogP contribution in [-0.4, -0.2) is 39.4 Å². The third kappa shape index (κ3) is 4.22. The summed E-state index contributed by atoms with van der Waals surface area (Å²) in [5, 5.41) is 14.0. The van der Waals surface area contributed by atoms with E-state index in [1.54, 1.807) is 12.1 Å². The van der Waals surface area contributed by atoms with Gasteiger partial charge in [-0.05, 0) is 70.1 Å². The SMILES string of the molecule is Cc1cc(C(=O)O)cc(N2C3CC[C@H]2CC(OCc2c(-c4ccccc4C)noc2C2CC2)C3)n1. The van der Waals surface area contributed by atoms with Crippen LogP contribution < -0.4 is 4.90 Å². The number of carbonyl (C=O) groups is 1. The van der Waals surface area contributed by atoms with E-state index in [0.717, 1.165) is 72.6 Å². The van der Waals surface area contributed by atoms with Crippen LogP contribution >= 0.6 is 0 Å². The average Bonchev–Trinajstić information content (AvgIpc) is 3.54. The Morgan fingerprint density at radius 2 is 1.86 bits per heavy atom. The first-order valence-corrected chi connectivity index (χ1v) is 12.6. The third-order valence-electron chi connectivity index (χ3n) is 7.77. The Morgan fingerprint density at radius 3 is 2.54 bits per heavy atom. The second-order valence-electron chi connectivity index (χ2n) is 10.3. The molecule has 0 radical (unpaired) electrons. The van der Waals surface area contributed by atoms with Gasteiger partial charge in [-0.1, -0.05) is 29.4 Å². The van der Waals surface area contributed by atoms with Gasteiger partial charge < -0.3 is 19.3 Å². The average molecular weight is 474 g/mol. The van der Waals surface area contributed by atoms with Gasteiger partial charge in [0.15, 0.2) is 0 Å². The van der Waals surface area contributed by atoms with Crippen LogP contribution in [0, 0.1) is 13.8 Å². The van der Waals surface area contributed by atoms with Gasteiger partial charge in [-0.3, -0.25) is 0 Å². The Labute approximate surface area is 205 Å². The summed E-state index contributed by atoms with van der Waals surface area (Å²) in [5.74, 6) is 1.33. The zero-order chi connectivity index (χ0) is 24.1. The molecule has 3 atom stereocenters. The maximum Gasteiger partial charge on any atom is 0.335 e. The zero-order valence-electron chi connectivity index (χ0n) is 20.2. The molecule has 1 aliphatic carbocycles. The van der Waals surface area contributed by atoms with Crippen molar-refractivity contribution in [1.29, 1.82) is 0 Å². The maximum absolute atomic E-state index is 11.6. The van der Waals surface area contributed by atoms with Crippen molar-refractivity contribution in [2.24, 2.45) is 0 Å². The van der Waals surface area contributed by atoms with Crippen molar-refractivity contribution < 1.29 is 19.2 Å². The summed E-state index contributed by atoms with van der Waals surface area (Å²) in [5.41, 5.74) is 5.34. The Hall–Kier alpha value is -3.19. The quantitative estimate of drug-likeness (QED) is 0.475. The van der Waals surface area contributed by atoms with Gasteiger partial charge in [0, 0.05) is 34.8 Å². The monoisotopic (exact) mass is 473 g/mol. The van der Waals surface area contributed by atoms with Gasteiger partial charge in [-0.15, -0.1) is 0 Å². The summed E-state index contributed by atoms with van der Waals surface area (Å²) in [4.78, 5) is 18.6. The number of aromatic nitrogens is 2. The molecule has 3 aliphatic rings. The van der Waals surface area contributed by atoms with Crippen LogP contribution in [0.3, 0.4) is 0 Å². The molecule has 2 bridgehead atoms. The van der Waals surface area contributed by atoms with Crippen molar-refractivity contribution in [3.05, 3.63) is 64.5 Å². The first-order valence-electron chi connectivity index (χ1n) is 12.6. The number of aromatic carboxylic acids is 1. The van der Waals surface area contributed by atoms with Crippen LogP contribution in [0.25, 0.3) is 11.3 Å². The Morgan fingerprint density at radius 1 is 1.11 bits per heavy atom. The maximum atomic E-state index is 11.6. The van der Waals surface area contributed by atoms with Crippen LogP contribution in [0.15, 0.2) is 40.9 Å². The van der Waals surface area contributed by atoms with E-state index < -0.39 is 5.97 Å². The highest BCUT2D eigenvalue weighted by atomic mass is 16.5. The van der Waals surface area contributed by atoms with E-state index in [-0.39, 0.29) is 6.10 Å². The first kappa shape index (κ1) is 22.3. The van der Waals surface area contributed by atoms with Crippen LogP contribution in [-0.2, 0) is 11.3 Å².